The minimum absolute atomic E-state index is 0.448. The van der Waals surface area contributed by atoms with E-state index in [1.54, 1.807) is 21.2 Å². The number of hydrogen-bond acceptors (Lipinski definition) is 0. The maximum atomic E-state index is 2.64. The molecule has 0 fully saturated rings. The van der Waals surface area contributed by atoms with Crippen LogP contribution in [0.25, 0.3) is 0 Å². The largest absolute Gasteiger partial charge is 0.102 e. The third-order valence-electron chi connectivity index (χ3n) is 9.38. The minimum Gasteiger partial charge on any atom is -0.0587 e. The average Bonchev–Trinajstić information content (AvgIpc) is 2.80. The first kappa shape index (κ1) is 31.9. The Morgan fingerprint density at radius 2 is 0.778 bits per heavy atom. The number of rotatable bonds is 10. The zero-order valence-electron chi connectivity index (χ0n) is 26.3. The fraction of sp³-hybridized carbons (Fsp3) is 0.636. The zero-order valence-corrected chi connectivity index (χ0v) is 29.0. The monoisotopic (exact) mass is 546 g/mol. The first-order valence-corrected chi connectivity index (χ1v) is 20.8. The first-order chi connectivity index (χ1) is 16.5. The second-order valence-corrected chi connectivity index (χ2v) is 24.8. The summed E-state index contributed by atoms with van der Waals surface area (Å²) in [6, 6.07) is 15.2. The highest BCUT2D eigenvalue weighted by Gasteiger charge is 2.47. The standard InChI is InChI=1S/C33H57P3/c1-22(2)28-16-18-30(32(20-28)35(14,24(5)6)25(7)8)34(13)31-19-17-29(23(3)4)21-33(31)36(15,26(9)10)27(11)12/h16-27H,1-15H3/q+2. The van der Waals surface area contributed by atoms with Gasteiger partial charge in [0.15, 0.2) is 0 Å². The topological polar surface area (TPSA) is 0 Å². The van der Waals surface area contributed by atoms with Crippen molar-refractivity contribution in [1.82, 2.24) is 0 Å². The van der Waals surface area contributed by atoms with Gasteiger partial charge in [-0.3, -0.25) is 0 Å². The zero-order chi connectivity index (χ0) is 27.7. The highest BCUT2D eigenvalue weighted by Crippen LogP contribution is 2.64. The molecule has 0 atom stereocenters. The fourth-order valence-corrected chi connectivity index (χ4v) is 16.0. The highest BCUT2D eigenvalue weighted by molar-refractivity contribution is 7.88. The molecule has 0 aliphatic carbocycles. The van der Waals surface area contributed by atoms with Gasteiger partial charge in [-0.25, -0.2) is 0 Å². The molecule has 202 valence electrons. The van der Waals surface area contributed by atoms with Gasteiger partial charge in [-0.2, -0.15) is 0 Å². The van der Waals surface area contributed by atoms with Crippen LogP contribution in [-0.4, -0.2) is 42.6 Å². The SMILES string of the molecule is CC(C)c1ccc(P(C)c2ccc(C(C)C)cc2[P+](C)(C(C)C)C(C)C)c([P+](C)(C(C)C)C(C)C)c1. The van der Waals surface area contributed by atoms with E-state index in [0.29, 0.717) is 34.5 Å². The second-order valence-electron chi connectivity index (χ2n) is 13.0. The van der Waals surface area contributed by atoms with E-state index in [9.17, 15) is 0 Å². The number of hydrogen-bond donors (Lipinski definition) is 0. The normalized spacial score (nSPS) is 13.5. The van der Waals surface area contributed by atoms with Gasteiger partial charge in [-0.1, -0.05) is 39.8 Å². The Kier molecular flexibility index (Phi) is 10.9. The van der Waals surface area contributed by atoms with Crippen LogP contribution in [0.5, 0.6) is 0 Å². The van der Waals surface area contributed by atoms with Crippen molar-refractivity contribution in [3.8, 4) is 0 Å². The van der Waals surface area contributed by atoms with Crippen LogP contribution in [0.2, 0.25) is 0 Å². The lowest BCUT2D eigenvalue weighted by molar-refractivity contribution is 0.868. The van der Waals surface area contributed by atoms with Crippen LogP contribution in [-0.2, 0) is 0 Å². The van der Waals surface area contributed by atoms with E-state index in [1.165, 1.54) is 11.1 Å². The lowest BCUT2D eigenvalue weighted by atomic mass is 10.0. The van der Waals surface area contributed by atoms with Crippen molar-refractivity contribution in [2.75, 3.05) is 20.0 Å². The van der Waals surface area contributed by atoms with Gasteiger partial charge in [0.25, 0.3) is 0 Å². The molecular weight excluding hydrogens is 489 g/mol. The summed E-state index contributed by atoms with van der Waals surface area (Å²) in [6.45, 7) is 37.0. The molecule has 0 radical (unpaired) electrons. The molecule has 2 aromatic carbocycles. The van der Waals surface area contributed by atoms with E-state index in [2.05, 4.69) is 139 Å². The summed E-state index contributed by atoms with van der Waals surface area (Å²) in [6.07, 6.45) is 0. The molecule has 0 aliphatic heterocycles. The molecule has 0 amide bonds. The van der Waals surface area contributed by atoms with E-state index < -0.39 is 22.4 Å². The summed E-state index contributed by atoms with van der Waals surface area (Å²) < 4.78 is 0. The molecule has 0 N–H and O–H groups in total. The molecule has 0 unspecified atom stereocenters. The van der Waals surface area contributed by atoms with Crippen LogP contribution in [0.4, 0.5) is 0 Å². The summed E-state index contributed by atoms with van der Waals surface area (Å²) >= 11 is 0. The van der Waals surface area contributed by atoms with Gasteiger partial charge in [0, 0.05) is 25.1 Å². The lowest BCUT2D eigenvalue weighted by Gasteiger charge is -2.36. The van der Waals surface area contributed by atoms with Gasteiger partial charge in [0.05, 0.1) is 36.0 Å². The number of benzene rings is 2. The molecule has 0 heterocycles. The predicted octanol–water partition coefficient (Wildman–Crippen LogP) is 9.17. The van der Waals surface area contributed by atoms with Crippen molar-refractivity contribution in [3.63, 3.8) is 0 Å². The van der Waals surface area contributed by atoms with E-state index >= 15 is 0 Å². The Labute approximate surface area is 228 Å². The van der Waals surface area contributed by atoms with E-state index in [4.69, 9.17) is 0 Å². The van der Waals surface area contributed by atoms with Gasteiger partial charge in [-0.05, 0) is 117 Å². The summed E-state index contributed by atoms with van der Waals surface area (Å²) in [7, 11) is -3.12. The fourth-order valence-electron chi connectivity index (χ4n) is 5.57. The van der Waals surface area contributed by atoms with Crippen molar-refractivity contribution in [2.24, 2.45) is 0 Å². The maximum Gasteiger partial charge on any atom is 0.102 e. The van der Waals surface area contributed by atoms with Crippen molar-refractivity contribution >= 4 is 43.7 Å². The van der Waals surface area contributed by atoms with Crippen LogP contribution in [0.1, 0.15) is 106 Å². The molecule has 0 saturated heterocycles. The average molecular weight is 547 g/mol. The summed E-state index contributed by atoms with van der Waals surface area (Å²) in [5, 5.41) is 6.70. The van der Waals surface area contributed by atoms with Gasteiger partial charge >= 0.3 is 0 Å². The van der Waals surface area contributed by atoms with E-state index in [1.807, 2.05) is 0 Å². The third kappa shape index (κ3) is 5.98. The van der Waals surface area contributed by atoms with E-state index in [0.717, 1.165) is 0 Å². The Morgan fingerprint density at radius 3 is 1.00 bits per heavy atom. The van der Waals surface area contributed by atoms with Crippen molar-refractivity contribution < 1.29 is 0 Å². The minimum atomic E-state index is -1.34. The molecule has 0 aromatic heterocycles. The van der Waals surface area contributed by atoms with Crippen LogP contribution >= 0.6 is 22.4 Å². The summed E-state index contributed by atoms with van der Waals surface area (Å²) in [5.41, 5.74) is 5.76. The van der Waals surface area contributed by atoms with Crippen molar-refractivity contribution in [2.45, 2.75) is 118 Å². The molecule has 0 aliphatic rings. The van der Waals surface area contributed by atoms with Gasteiger partial charge in [0.2, 0.25) is 0 Å². The van der Waals surface area contributed by atoms with Gasteiger partial charge in [0.1, 0.15) is 10.6 Å². The molecule has 0 bridgehead atoms. The van der Waals surface area contributed by atoms with Crippen LogP contribution in [0.3, 0.4) is 0 Å². The molecule has 36 heavy (non-hydrogen) atoms. The molecule has 0 nitrogen and oxygen atoms in total. The Balaban J connectivity index is 2.93. The summed E-state index contributed by atoms with van der Waals surface area (Å²) in [5.74, 6) is 1.12. The van der Waals surface area contributed by atoms with Crippen molar-refractivity contribution in [1.29, 1.82) is 0 Å². The molecule has 2 rings (SSSR count). The predicted molar refractivity (Wildman–Crippen MR) is 179 cm³/mol. The highest BCUT2D eigenvalue weighted by atomic mass is 31.2. The first-order valence-electron chi connectivity index (χ1n) is 14.3. The van der Waals surface area contributed by atoms with Gasteiger partial charge < -0.3 is 0 Å². The van der Waals surface area contributed by atoms with Crippen LogP contribution in [0.15, 0.2) is 36.4 Å². The molecular formula is C33H57P3+2. The third-order valence-corrected chi connectivity index (χ3v) is 23.4. The maximum absolute atomic E-state index is 2.64. The second kappa shape index (κ2) is 12.3. The van der Waals surface area contributed by atoms with Gasteiger partial charge in [-0.15, -0.1) is 0 Å². The Hall–Kier alpha value is -0.270. The Bertz CT molecular complexity index is 916. The molecule has 0 spiro atoms. The lowest BCUT2D eigenvalue weighted by Crippen LogP contribution is -2.40. The van der Waals surface area contributed by atoms with Crippen LogP contribution in [0, 0.1) is 0 Å². The van der Waals surface area contributed by atoms with E-state index in [-0.39, 0.29) is 0 Å². The van der Waals surface area contributed by atoms with Crippen LogP contribution < -0.4 is 21.2 Å². The molecule has 3 heteroatoms. The Morgan fingerprint density at radius 1 is 0.500 bits per heavy atom. The molecule has 0 saturated carbocycles. The summed E-state index contributed by atoms with van der Waals surface area (Å²) in [4.78, 5) is 0. The quantitative estimate of drug-likeness (QED) is 0.261. The smallest absolute Gasteiger partial charge is 0.0587 e. The molecule has 2 aromatic rings. The van der Waals surface area contributed by atoms with Crippen molar-refractivity contribution in [3.05, 3.63) is 47.5 Å².